The Labute approximate surface area is 114 Å². The van der Waals surface area contributed by atoms with Crippen LogP contribution in [0.4, 0.5) is 4.79 Å². The van der Waals surface area contributed by atoms with Gasteiger partial charge < -0.3 is 20.0 Å². The molecule has 1 heterocycles. The van der Waals surface area contributed by atoms with Gasteiger partial charge >= 0.3 is 12.0 Å². The molecule has 6 nitrogen and oxygen atoms in total. The fraction of sp³-hybridized carbons (Fsp3) is 0.846. The van der Waals surface area contributed by atoms with Crippen LogP contribution in [0, 0.1) is 5.92 Å². The number of carbonyl (C=O) groups excluding carboxylic acids is 1. The first-order valence-electron chi connectivity index (χ1n) is 6.63. The van der Waals surface area contributed by atoms with Gasteiger partial charge in [0.15, 0.2) is 0 Å². The molecule has 1 aliphatic heterocycles. The Morgan fingerprint density at radius 2 is 2.05 bits per heavy atom. The minimum absolute atomic E-state index is 0.0973. The van der Waals surface area contributed by atoms with Crippen molar-refractivity contribution in [1.82, 2.24) is 9.80 Å². The standard InChI is InChI=1S/C13H24N2O4/c1-13(2,19)9-14(3)12(18)15-7-6-10(8-15)4-5-11(16)17/h10,19H,4-9H2,1-3H3,(H,16,17). The molecule has 0 aliphatic carbocycles. The lowest BCUT2D eigenvalue weighted by atomic mass is 10.0. The van der Waals surface area contributed by atoms with E-state index < -0.39 is 11.6 Å². The van der Waals surface area contributed by atoms with Crippen molar-refractivity contribution in [2.24, 2.45) is 5.92 Å². The smallest absolute Gasteiger partial charge is 0.319 e. The van der Waals surface area contributed by atoms with E-state index in [2.05, 4.69) is 0 Å². The number of urea groups is 1. The molecule has 0 spiro atoms. The molecule has 0 aromatic rings. The lowest BCUT2D eigenvalue weighted by Crippen LogP contribution is -2.45. The molecule has 19 heavy (non-hydrogen) atoms. The predicted octanol–water partition coefficient (Wildman–Crippen LogP) is 0.996. The Balaban J connectivity index is 2.41. The van der Waals surface area contributed by atoms with E-state index in [0.717, 1.165) is 6.42 Å². The highest BCUT2D eigenvalue weighted by molar-refractivity contribution is 5.74. The van der Waals surface area contributed by atoms with Crippen LogP contribution in [0.1, 0.15) is 33.1 Å². The van der Waals surface area contributed by atoms with E-state index in [0.29, 0.717) is 19.5 Å². The summed E-state index contributed by atoms with van der Waals surface area (Å²) in [5.41, 5.74) is -0.910. The quantitative estimate of drug-likeness (QED) is 0.782. The minimum atomic E-state index is -0.910. The molecule has 1 aliphatic rings. The highest BCUT2D eigenvalue weighted by atomic mass is 16.4. The normalized spacial score (nSPS) is 19.6. The average Bonchev–Trinajstić information content (AvgIpc) is 2.71. The second kappa shape index (κ2) is 6.23. The molecule has 1 atom stereocenters. The van der Waals surface area contributed by atoms with Crippen molar-refractivity contribution in [2.45, 2.75) is 38.7 Å². The summed E-state index contributed by atoms with van der Waals surface area (Å²) in [6, 6.07) is -0.0973. The molecule has 2 amide bonds. The van der Waals surface area contributed by atoms with Crippen molar-refractivity contribution in [3.8, 4) is 0 Å². The van der Waals surface area contributed by atoms with E-state index >= 15 is 0 Å². The maximum Gasteiger partial charge on any atom is 0.319 e. The van der Waals surface area contributed by atoms with E-state index in [1.807, 2.05) is 0 Å². The van der Waals surface area contributed by atoms with E-state index in [4.69, 9.17) is 5.11 Å². The second-order valence-corrected chi connectivity index (χ2v) is 5.98. The summed E-state index contributed by atoms with van der Waals surface area (Å²) < 4.78 is 0. The maximum absolute atomic E-state index is 12.1. The summed E-state index contributed by atoms with van der Waals surface area (Å²) in [5.74, 6) is -0.514. The number of likely N-dealkylation sites (tertiary alicyclic amines) is 1. The highest BCUT2D eigenvalue weighted by Crippen LogP contribution is 2.22. The summed E-state index contributed by atoms with van der Waals surface area (Å²) in [6.07, 6.45) is 1.63. The molecule has 0 radical (unpaired) electrons. The predicted molar refractivity (Wildman–Crippen MR) is 70.9 cm³/mol. The third-order valence-corrected chi connectivity index (χ3v) is 3.27. The van der Waals surface area contributed by atoms with Crippen LogP contribution in [-0.4, -0.2) is 64.3 Å². The topological polar surface area (TPSA) is 81.1 Å². The van der Waals surface area contributed by atoms with Gasteiger partial charge in [-0.3, -0.25) is 4.79 Å². The van der Waals surface area contributed by atoms with Gasteiger partial charge in [-0.15, -0.1) is 0 Å². The minimum Gasteiger partial charge on any atom is -0.481 e. The lowest BCUT2D eigenvalue weighted by molar-refractivity contribution is -0.137. The summed E-state index contributed by atoms with van der Waals surface area (Å²) in [7, 11) is 1.67. The molecular weight excluding hydrogens is 248 g/mol. The highest BCUT2D eigenvalue weighted by Gasteiger charge is 2.29. The zero-order valence-electron chi connectivity index (χ0n) is 11.9. The van der Waals surface area contributed by atoms with Crippen molar-refractivity contribution in [3.05, 3.63) is 0 Å². The molecule has 1 unspecified atom stereocenters. The van der Waals surface area contributed by atoms with Gasteiger partial charge in [0.25, 0.3) is 0 Å². The number of carbonyl (C=O) groups is 2. The molecule has 2 N–H and O–H groups in total. The first kappa shape index (κ1) is 15.8. The van der Waals surface area contributed by atoms with Crippen LogP contribution in [0.25, 0.3) is 0 Å². The van der Waals surface area contributed by atoms with Crippen LogP contribution >= 0.6 is 0 Å². The number of likely N-dealkylation sites (N-methyl/N-ethyl adjacent to an activating group) is 1. The van der Waals surface area contributed by atoms with Gasteiger partial charge in [-0.2, -0.15) is 0 Å². The molecule has 0 saturated carbocycles. The molecule has 0 aromatic carbocycles. The fourth-order valence-electron chi connectivity index (χ4n) is 2.46. The second-order valence-electron chi connectivity index (χ2n) is 5.98. The number of carboxylic acids is 1. The van der Waals surface area contributed by atoms with Gasteiger partial charge in [-0.1, -0.05) is 0 Å². The molecule has 110 valence electrons. The third kappa shape index (κ3) is 5.46. The van der Waals surface area contributed by atoms with Crippen molar-refractivity contribution in [3.63, 3.8) is 0 Å². The molecule has 6 heteroatoms. The van der Waals surface area contributed by atoms with Gasteiger partial charge in [0.2, 0.25) is 0 Å². The Kier molecular flexibility index (Phi) is 5.17. The molecule has 0 bridgehead atoms. The number of aliphatic hydroxyl groups is 1. The largest absolute Gasteiger partial charge is 0.481 e. The Morgan fingerprint density at radius 1 is 1.42 bits per heavy atom. The number of nitrogens with zero attached hydrogens (tertiary/aromatic N) is 2. The number of hydrogen-bond acceptors (Lipinski definition) is 3. The fourth-order valence-corrected chi connectivity index (χ4v) is 2.46. The van der Waals surface area contributed by atoms with Gasteiger partial charge in [0.05, 0.1) is 12.1 Å². The van der Waals surface area contributed by atoms with Crippen molar-refractivity contribution < 1.29 is 19.8 Å². The Hall–Kier alpha value is -1.30. The van der Waals surface area contributed by atoms with Crippen LogP contribution in [-0.2, 0) is 4.79 Å². The van der Waals surface area contributed by atoms with Gasteiger partial charge in [0, 0.05) is 26.6 Å². The van der Waals surface area contributed by atoms with Crippen LogP contribution in [0.5, 0.6) is 0 Å². The van der Waals surface area contributed by atoms with Crippen molar-refractivity contribution >= 4 is 12.0 Å². The SMILES string of the molecule is CN(CC(C)(C)O)C(=O)N1CCC(CCC(=O)O)C1. The summed E-state index contributed by atoms with van der Waals surface area (Å²) in [4.78, 5) is 25.9. The van der Waals surface area contributed by atoms with E-state index in [-0.39, 0.29) is 24.9 Å². The van der Waals surface area contributed by atoms with Crippen LogP contribution in [0.2, 0.25) is 0 Å². The molecule has 1 fully saturated rings. The number of aliphatic carboxylic acids is 1. The first-order valence-corrected chi connectivity index (χ1v) is 6.63. The maximum atomic E-state index is 12.1. The van der Waals surface area contributed by atoms with Crippen LogP contribution < -0.4 is 0 Å². The Bertz CT molecular complexity index is 338. The Morgan fingerprint density at radius 3 is 2.58 bits per heavy atom. The summed E-state index contributed by atoms with van der Waals surface area (Å²) in [5, 5.41) is 18.3. The monoisotopic (exact) mass is 272 g/mol. The van der Waals surface area contributed by atoms with Crippen LogP contribution in [0.3, 0.4) is 0 Å². The molecule has 1 rings (SSSR count). The van der Waals surface area contributed by atoms with E-state index in [1.165, 1.54) is 4.90 Å². The van der Waals surface area contributed by atoms with E-state index in [9.17, 15) is 14.7 Å². The van der Waals surface area contributed by atoms with E-state index in [1.54, 1.807) is 25.8 Å². The summed E-state index contributed by atoms with van der Waals surface area (Å²) in [6.45, 7) is 4.89. The number of amides is 2. The van der Waals surface area contributed by atoms with Gasteiger partial charge in [-0.05, 0) is 32.6 Å². The van der Waals surface area contributed by atoms with Crippen molar-refractivity contribution in [1.29, 1.82) is 0 Å². The van der Waals surface area contributed by atoms with Crippen LogP contribution in [0.15, 0.2) is 0 Å². The van der Waals surface area contributed by atoms with Crippen molar-refractivity contribution in [2.75, 3.05) is 26.7 Å². The summed E-state index contributed by atoms with van der Waals surface area (Å²) >= 11 is 0. The van der Waals surface area contributed by atoms with Gasteiger partial charge in [-0.25, -0.2) is 4.79 Å². The zero-order chi connectivity index (χ0) is 14.6. The molecular formula is C13H24N2O4. The first-order chi connectivity index (χ1) is 8.69. The average molecular weight is 272 g/mol. The molecule has 0 aromatic heterocycles. The number of carboxylic acid groups (broad SMARTS) is 1. The molecule has 1 saturated heterocycles. The number of rotatable bonds is 5. The number of hydrogen-bond donors (Lipinski definition) is 2. The lowest BCUT2D eigenvalue weighted by Gasteiger charge is -2.29. The third-order valence-electron chi connectivity index (χ3n) is 3.27. The van der Waals surface area contributed by atoms with Gasteiger partial charge in [0.1, 0.15) is 0 Å². The zero-order valence-corrected chi connectivity index (χ0v) is 11.9.